The van der Waals surface area contributed by atoms with Crippen LogP contribution in [0.3, 0.4) is 0 Å². The summed E-state index contributed by atoms with van der Waals surface area (Å²) in [6, 6.07) is 0. The van der Waals surface area contributed by atoms with Crippen molar-refractivity contribution in [2.24, 2.45) is 11.3 Å². The van der Waals surface area contributed by atoms with E-state index in [9.17, 15) is 0 Å². The highest BCUT2D eigenvalue weighted by Crippen LogP contribution is 2.53. The molecule has 3 aliphatic rings. The van der Waals surface area contributed by atoms with Gasteiger partial charge in [-0.2, -0.15) is 0 Å². The van der Waals surface area contributed by atoms with Gasteiger partial charge in [0.25, 0.3) is 0 Å². The Balaban J connectivity index is 2.29. The van der Waals surface area contributed by atoms with Gasteiger partial charge in [-0.15, -0.1) is 0 Å². The number of hydrogen-bond donors (Lipinski definition) is 0. The van der Waals surface area contributed by atoms with Crippen LogP contribution in [0.2, 0.25) is 0 Å². The molecule has 0 N–H and O–H groups in total. The summed E-state index contributed by atoms with van der Waals surface area (Å²) in [5, 5.41) is 0. The highest BCUT2D eigenvalue weighted by atomic mass is 14.5. The zero-order valence-electron chi connectivity index (χ0n) is 7.70. The fourth-order valence-corrected chi connectivity index (χ4v) is 2.54. The second-order valence-corrected chi connectivity index (χ2v) is 4.08. The first-order valence-electron chi connectivity index (χ1n) is 4.78. The molecule has 0 atom stereocenters. The van der Waals surface area contributed by atoms with E-state index in [-0.39, 0.29) is 5.41 Å². The predicted octanol–water partition coefficient (Wildman–Crippen LogP) is 3.17. The zero-order valence-corrected chi connectivity index (χ0v) is 7.70. The van der Waals surface area contributed by atoms with Crippen LogP contribution in [0.15, 0.2) is 59.8 Å². The van der Waals surface area contributed by atoms with E-state index >= 15 is 0 Å². The van der Waals surface area contributed by atoms with Gasteiger partial charge >= 0.3 is 0 Å². The molecule has 0 aromatic rings. The Morgan fingerprint density at radius 3 is 2.08 bits per heavy atom. The molecular weight excluding hydrogens is 156 g/mol. The molecule has 64 valence electrons. The van der Waals surface area contributed by atoms with Gasteiger partial charge in [-0.25, -0.2) is 0 Å². The molecular formula is C13H12. The lowest BCUT2D eigenvalue weighted by molar-refractivity contribution is 0.463. The molecule has 13 heavy (non-hydrogen) atoms. The molecule has 0 fully saturated rings. The molecule has 0 aromatic heterocycles. The Bertz CT molecular complexity index is 366. The van der Waals surface area contributed by atoms with Crippen molar-refractivity contribution in [3.63, 3.8) is 0 Å². The molecule has 3 rings (SSSR count). The quantitative estimate of drug-likeness (QED) is 0.521. The summed E-state index contributed by atoms with van der Waals surface area (Å²) in [6.07, 6.45) is 17.9. The molecule has 0 nitrogen and oxygen atoms in total. The lowest BCUT2D eigenvalue weighted by Gasteiger charge is -2.27. The van der Waals surface area contributed by atoms with Crippen LogP contribution in [-0.2, 0) is 0 Å². The topological polar surface area (TPSA) is 0 Å². The van der Waals surface area contributed by atoms with Gasteiger partial charge in [0, 0.05) is 11.3 Å². The van der Waals surface area contributed by atoms with Crippen LogP contribution in [0, 0.1) is 11.3 Å². The Labute approximate surface area is 78.7 Å². The molecule has 0 saturated carbocycles. The molecule has 0 amide bonds. The van der Waals surface area contributed by atoms with Crippen LogP contribution < -0.4 is 0 Å². The van der Waals surface area contributed by atoms with E-state index in [1.54, 1.807) is 0 Å². The van der Waals surface area contributed by atoms with Gasteiger partial charge in [0.2, 0.25) is 0 Å². The largest absolute Gasteiger partial charge is 0.0761 e. The first-order chi connectivity index (χ1) is 6.32. The Morgan fingerprint density at radius 2 is 1.54 bits per heavy atom. The molecule has 0 heteroatoms. The molecule has 0 unspecified atom stereocenters. The van der Waals surface area contributed by atoms with E-state index in [0.717, 1.165) is 0 Å². The van der Waals surface area contributed by atoms with Crippen LogP contribution in [-0.4, -0.2) is 0 Å². The van der Waals surface area contributed by atoms with Crippen LogP contribution >= 0.6 is 0 Å². The SMILES string of the molecule is CC12C3=CC=CC=C1C=CC2C=C3. The summed E-state index contributed by atoms with van der Waals surface area (Å²) in [6.45, 7) is 2.34. The molecule has 0 aromatic carbocycles. The molecule has 0 radical (unpaired) electrons. The minimum Gasteiger partial charge on any atom is -0.0761 e. The van der Waals surface area contributed by atoms with Crippen molar-refractivity contribution < 1.29 is 0 Å². The van der Waals surface area contributed by atoms with E-state index in [1.165, 1.54) is 11.1 Å². The van der Waals surface area contributed by atoms with Gasteiger partial charge in [0.1, 0.15) is 0 Å². The maximum atomic E-state index is 2.34. The fraction of sp³-hybridized carbons (Fsp3) is 0.231. The molecule has 0 spiro atoms. The highest BCUT2D eigenvalue weighted by molar-refractivity contribution is 5.56. The lowest BCUT2D eigenvalue weighted by Crippen LogP contribution is -2.20. The summed E-state index contributed by atoms with van der Waals surface area (Å²) in [7, 11) is 0. The second-order valence-electron chi connectivity index (χ2n) is 4.08. The van der Waals surface area contributed by atoms with Crippen LogP contribution in [0.1, 0.15) is 6.92 Å². The smallest absolute Gasteiger partial charge is 0.0271 e. The number of hydrogen-bond acceptors (Lipinski definition) is 0. The second kappa shape index (κ2) is 2.14. The van der Waals surface area contributed by atoms with E-state index in [0.29, 0.717) is 5.92 Å². The van der Waals surface area contributed by atoms with Crippen molar-refractivity contribution in [1.29, 1.82) is 0 Å². The van der Waals surface area contributed by atoms with Crippen LogP contribution in [0.25, 0.3) is 0 Å². The average Bonchev–Trinajstić information content (AvgIpc) is 2.54. The summed E-state index contributed by atoms with van der Waals surface area (Å²) < 4.78 is 0. The van der Waals surface area contributed by atoms with Crippen molar-refractivity contribution in [2.45, 2.75) is 6.92 Å². The van der Waals surface area contributed by atoms with Gasteiger partial charge in [-0.1, -0.05) is 55.5 Å². The lowest BCUT2D eigenvalue weighted by atomic mass is 9.75. The van der Waals surface area contributed by atoms with Crippen LogP contribution in [0.5, 0.6) is 0 Å². The first-order valence-corrected chi connectivity index (χ1v) is 4.78. The molecule has 0 heterocycles. The monoisotopic (exact) mass is 168 g/mol. The minimum atomic E-state index is 0.240. The van der Waals surface area contributed by atoms with E-state index in [4.69, 9.17) is 0 Å². The maximum Gasteiger partial charge on any atom is 0.0271 e. The van der Waals surface area contributed by atoms with Crippen molar-refractivity contribution >= 4 is 0 Å². The highest BCUT2D eigenvalue weighted by Gasteiger charge is 2.43. The van der Waals surface area contributed by atoms with E-state index < -0.39 is 0 Å². The molecule has 0 aliphatic heterocycles. The van der Waals surface area contributed by atoms with Crippen molar-refractivity contribution in [1.82, 2.24) is 0 Å². The summed E-state index contributed by atoms with van der Waals surface area (Å²) in [5.41, 5.74) is 3.13. The third-order valence-corrected chi connectivity index (χ3v) is 3.49. The maximum absolute atomic E-state index is 2.34. The standard InChI is InChI=1S/C13H12/c1-13-10-4-2-3-5-11(13)7-9-12(13)8-6-10/h2-9,12H,1H3. The van der Waals surface area contributed by atoms with Gasteiger partial charge in [0.15, 0.2) is 0 Å². The Morgan fingerprint density at radius 1 is 1.00 bits per heavy atom. The van der Waals surface area contributed by atoms with Gasteiger partial charge < -0.3 is 0 Å². The first kappa shape index (κ1) is 7.14. The van der Waals surface area contributed by atoms with E-state index in [2.05, 4.69) is 55.5 Å². The van der Waals surface area contributed by atoms with Crippen molar-refractivity contribution in [3.05, 3.63) is 59.8 Å². The molecule has 0 saturated heterocycles. The fourth-order valence-electron chi connectivity index (χ4n) is 2.54. The number of rotatable bonds is 0. The van der Waals surface area contributed by atoms with Gasteiger partial charge in [0.05, 0.1) is 0 Å². The van der Waals surface area contributed by atoms with Gasteiger partial charge in [-0.05, 0) is 11.1 Å². The summed E-state index contributed by atoms with van der Waals surface area (Å²) in [4.78, 5) is 0. The van der Waals surface area contributed by atoms with Gasteiger partial charge in [-0.3, -0.25) is 0 Å². The average molecular weight is 168 g/mol. The van der Waals surface area contributed by atoms with Crippen molar-refractivity contribution in [2.75, 3.05) is 0 Å². The van der Waals surface area contributed by atoms with E-state index in [1.807, 2.05) is 0 Å². The zero-order chi connectivity index (χ0) is 8.89. The number of allylic oxidation sites excluding steroid dienone is 10. The van der Waals surface area contributed by atoms with Crippen molar-refractivity contribution in [3.8, 4) is 0 Å². The van der Waals surface area contributed by atoms with Crippen LogP contribution in [0.4, 0.5) is 0 Å². The summed E-state index contributed by atoms with van der Waals surface area (Å²) in [5.74, 6) is 0.588. The normalized spacial score (nSPS) is 38.7. The Kier molecular flexibility index (Phi) is 1.17. The molecule has 3 aliphatic carbocycles. The summed E-state index contributed by atoms with van der Waals surface area (Å²) >= 11 is 0. The minimum absolute atomic E-state index is 0.240. The predicted molar refractivity (Wildman–Crippen MR) is 55.2 cm³/mol. The third-order valence-electron chi connectivity index (χ3n) is 3.49. The molecule has 0 bridgehead atoms. The Hall–Kier alpha value is -1.30. The third kappa shape index (κ3) is 0.713.